The summed E-state index contributed by atoms with van der Waals surface area (Å²) in [5.41, 5.74) is -2.24. The Bertz CT molecular complexity index is 563. The van der Waals surface area contributed by atoms with E-state index in [-0.39, 0.29) is 6.07 Å². The van der Waals surface area contributed by atoms with Crippen LogP contribution in [0.2, 0.25) is 0 Å². The van der Waals surface area contributed by atoms with Crippen molar-refractivity contribution in [3.8, 4) is 11.8 Å². The fraction of sp³-hybridized carbons (Fsp3) is 0.200. The van der Waals surface area contributed by atoms with Gasteiger partial charge in [-0.15, -0.1) is 0 Å². The Labute approximate surface area is 104 Å². The third kappa shape index (κ3) is 3.67. The normalized spacial score (nSPS) is 10.6. The van der Waals surface area contributed by atoms with Crippen molar-refractivity contribution in [3.05, 3.63) is 33.9 Å². The molecule has 1 aromatic carbocycles. The largest absolute Gasteiger partial charge is 0.418 e. The highest BCUT2D eigenvalue weighted by molar-refractivity contribution is 5.75. The number of rotatable bonds is 3. The summed E-state index contributed by atoms with van der Waals surface area (Å²) >= 11 is 0. The molecule has 0 heterocycles. The van der Waals surface area contributed by atoms with Gasteiger partial charge in [-0.2, -0.15) is 18.4 Å². The van der Waals surface area contributed by atoms with Gasteiger partial charge in [-0.1, -0.05) is 0 Å². The van der Waals surface area contributed by atoms with Gasteiger partial charge >= 0.3 is 17.8 Å². The first kappa shape index (κ1) is 14.4. The van der Waals surface area contributed by atoms with Crippen LogP contribution in [-0.2, 0) is 11.0 Å². The molecule has 1 rings (SSSR count). The molecule has 0 aliphatic heterocycles. The fourth-order valence-corrected chi connectivity index (χ4v) is 1.15. The lowest BCUT2D eigenvalue weighted by molar-refractivity contribution is -0.385. The lowest BCUT2D eigenvalue weighted by atomic mass is 10.2. The summed E-state index contributed by atoms with van der Waals surface area (Å²) in [7, 11) is 0. The SMILES string of the molecule is N#CCC(=O)Oc1ccc(C(F)(F)F)cc1[N+](=O)[O-]. The van der Waals surface area contributed by atoms with Crippen LogP contribution in [0.4, 0.5) is 18.9 Å². The molecule has 0 bridgehead atoms. The number of hydrogen-bond donors (Lipinski definition) is 0. The number of ether oxygens (including phenoxy) is 1. The van der Waals surface area contributed by atoms with Crippen molar-refractivity contribution in [2.75, 3.05) is 0 Å². The molecule has 0 radical (unpaired) electrons. The molecule has 0 spiro atoms. The molecule has 0 fully saturated rings. The maximum atomic E-state index is 12.4. The van der Waals surface area contributed by atoms with E-state index in [1.165, 1.54) is 6.07 Å². The molecule has 0 atom stereocenters. The van der Waals surface area contributed by atoms with Gasteiger partial charge in [0.25, 0.3) is 0 Å². The number of hydrogen-bond acceptors (Lipinski definition) is 5. The van der Waals surface area contributed by atoms with Gasteiger partial charge in [-0.05, 0) is 12.1 Å². The summed E-state index contributed by atoms with van der Waals surface area (Å²) in [6.07, 6.45) is -5.42. The van der Waals surface area contributed by atoms with Crippen LogP contribution in [-0.4, -0.2) is 10.9 Å². The minimum absolute atomic E-state index is 0.259. The molecule has 1 aromatic rings. The molecule has 0 saturated carbocycles. The number of carbonyl (C=O) groups is 1. The molecule has 0 aliphatic carbocycles. The molecule has 0 saturated heterocycles. The summed E-state index contributed by atoms with van der Waals surface area (Å²) < 4.78 is 41.6. The van der Waals surface area contributed by atoms with Gasteiger partial charge in [0.2, 0.25) is 5.75 Å². The Morgan fingerprint density at radius 3 is 2.58 bits per heavy atom. The first-order valence-electron chi connectivity index (χ1n) is 4.69. The van der Waals surface area contributed by atoms with Crippen molar-refractivity contribution in [3.63, 3.8) is 0 Å². The van der Waals surface area contributed by atoms with Crippen molar-refractivity contribution in [1.82, 2.24) is 0 Å². The highest BCUT2D eigenvalue weighted by atomic mass is 19.4. The van der Waals surface area contributed by atoms with E-state index < -0.39 is 40.5 Å². The maximum absolute atomic E-state index is 12.4. The van der Waals surface area contributed by atoms with Crippen molar-refractivity contribution in [2.24, 2.45) is 0 Å². The molecule has 0 amide bonds. The smallest absolute Gasteiger partial charge is 0.416 e. The molecule has 6 nitrogen and oxygen atoms in total. The van der Waals surface area contributed by atoms with Gasteiger partial charge in [0.05, 0.1) is 16.6 Å². The zero-order valence-electron chi connectivity index (χ0n) is 9.10. The lowest BCUT2D eigenvalue weighted by Crippen LogP contribution is -2.10. The number of nitro benzene ring substituents is 1. The van der Waals surface area contributed by atoms with Crippen LogP contribution in [0.25, 0.3) is 0 Å². The molecule has 19 heavy (non-hydrogen) atoms. The Morgan fingerprint density at radius 2 is 2.11 bits per heavy atom. The molecule has 9 heteroatoms. The maximum Gasteiger partial charge on any atom is 0.416 e. The van der Waals surface area contributed by atoms with Crippen LogP contribution in [0.3, 0.4) is 0 Å². The van der Waals surface area contributed by atoms with Gasteiger partial charge in [0, 0.05) is 6.07 Å². The first-order valence-corrected chi connectivity index (χ1v) is 4.69. The minimum atomic E-state index is -4.75. The standard InChI is InChI=1S/C10H5F3N2O4/c11-10(12,13)6-1-2-8(7(5-6)15(17)18)19-9(16)3-4-14/h1-2,5H,3H2. The van der Waals surface area contributed by atoms with Crippen LogP contribution in [0.1, 0.15) is 12.0 Å². The van der Waals surface area contributed by atoms with E-state index in [0.717, 1.165) is 0 Å². The molecule has 0 aliphatic rings. The molecule has 0 aromatic heterocycles. The second kappa shape index (κ2) is 5.34. The molecular formula is C10H5F3N2O4. The molecule has 0 unspecified atom stereocenters. The van der Waals surface area contributed by atoms with Crippen LogP contribution >= 0.6 is 0 Å². The van der Waals surface area contributed by atoms with E-state index in [1.54, 1.807) is 0 Å². The summed E-state index contributed by atoms with van der Waals surface area (Å²) in [5, 5.41) is 18.8. The highest BCUT2D eigenvalue weighted by Gasteiger charge is 2.33. The van der Waals surface area contributed by atoms with Crippen molar-refractivity contribution >= 4 is 11.7 Å². The van der Waals surface area contributed by atoms with E-state index in [9.17, 15) is 28.1 Å². The lowest BCUT2D eigenvalue weighted by Gasteiger charge is -2.08. The predicted octanol–water partition coefficient (Wildman–Crippen LogP) is 2.43. The second-order valence-corrected chi connectivity index (χ2v) is 3.25. The number of esters is 1. The average Bonchev–Trinajstić information content (AvgIpc) is 2.27. The number of nitro groups is 1. The molecule has 100 valence electrons. The van der Waals surface area contributed by atoms with E-state index in [4.69, 9.17) is 5.26 Å². The van der Waals surface area contributed by atoms with Crippen molar-refractivity contribution in [2.45, 2.75) is 12.6 Å². The fourth-order valence-electron chi connectivity index (χ4n) is 1.15. The third-order valence-corrected chi connectivity index (χ3v) is 1.93. The van der Waals surface area contributed by atoms with Crippen LogP contribution in [0.15, 0.2) is 18.2 Å². The number of halogens is 3. The average molecular weight is 274 g/mol. The zero-order chi connectivity index (χ0) is 14.6. The van der Waals surface area contributed by atoms with Crippen LogP contribution in [0, 0.1) is 21.4 Å². The number of nitrogens with zero attached hydrogens (tertiary/aromatic N) is 2. The van der Waals surface area contributed by atoms with Crippen LogP contribution < -0.4 is 4.74 Å². The highest BCUT2D eigenvalue weighted by Crippen LogP contribution is 2.36. The monoisotopic (exact) mass is 274 g/mol. The molecule has 0 N–H and O–H groups in total. The number of alkyl halides is 3. The Balaban J connectivity index is 3.17. The van der Waals surface area contributed by atoms with E-state index in [1.807, 2.05) is 0 Å². The predicted molar refractivity (Wildman–Crippen MR) is 54.0 cm³/mol. The van der Waals surface area contributed by atoms with Gasteiger partial charge < -0.3 is 4.74 Å². The summed E-state index contributed by atoms with van der Waals surface area (Å²) in [6.45, 7) is 0. The molecular weight excluding hydrogens is 269 g/mol. The summed E-state index contributed by atoms with van der Waals surface area (Å²) in [4.78, 5) is 20.5. The Morgan fingerprint density at radius 1 is 1.47 bits per heavy atom. The summed E-state index contributed by atoms with van der Waals surface area (Å²) in [5.74, 6) is -1.73. The van der Waals surface area contributed by atoms with Crippen molar-refractivity contribution in [1.29, 1.82) is 5.26 Å². The van der Waals surface area contributed by atoms with Gasteiger partial charge in [-0.25, -0.2) is 0 Å². The van der Waals surface area contributed by atoms with Crippen molar-refractivity contribution < 1.29 is 27.6 Å². The van der Waals surface area contributed by atoms with E-state index in [2.05, 4.69) is 4.74 Å². The number of carbonyl (C=O) groups excluding carboxylic acids is 1. The number of nitriles is 1. The Hall–Kier alpha value is -2.63. The quantitative estimate of drug-likeness (QED) is 0.365. The zero-order valence-corrected chi connectivity index (χ0v) is 9.10. The van der Waals surface area contributed by atoms with E-state index >= 15 is 0 Å². The second-order valence-electron chi connectivity index (χ2n) is 3.25. The van der Waals surface area contributed by atoms with Gasteiger partial charge in [0.15, 0.2) is 0 Å². The Kier molecular flexibility index (Phi) is 4.06. The number of benzene rings is 1. The first-order chi connectivity index (χ1) is 8.75. The minimum Gasteiger partial charge on any atom is -0.418 e. The topological polar surface area (TPSA) is 93.2 Å². The van der Waals surface area contributed by atoms with Crippen LogP contribution in [0.5, 0.6) is 5.75 Å². The van der Waals surface area contributed by atoms with Gasteiger partial charge in [-0.3, -0.25) is 14.9 Å². The van der Waals surface area contributed by atoms with E-state index in [0.29, 0.717) is 12.1 Å². The van der Waals surface area contributed by atoms with Gasteiger partial charge in [0.1, 0.15) is 6.42 Å². The third-order valence-electron chi connectivity index (χ3n) is 1.93. The summed E-state index contributed by atoms with van der Waals surface area (Å²) in [6, 6.07) is 2.91.